The minimum Gasteiger partial charge on any atom is -0.459 e. The van der Waals surface area contributed by atoms with Crippen molar-refractivity contribution in [2.75, 3.05) is 13.6 Å². The number of amides is 1. The van der Waals surface area contributed by atoms with Crippen molar-refractivity contribution >= 4 is 35.1 Å². The Morgan fingerprint density at radius 1 is 0.950 bits per heavy atom. The molecule has 0 saturated heterocycles. The van der Waals surface area contributed by atoms with Crippen LogP contribution in [-0.2, 0) is 20.9 Å². The average molecular weight is 551 g/mol. The van der Waals surface area contributed by atoms with Crippen LogP contribution in [0.25, 0.3) is 0 Å². The lowest BCUT2D eigenvalue weighted by Gasteiger charge is -2.22. The van der Waals surface area contributed by atoms with E-state index >= 15 is 0 Å². The Hall–Kier alpha value is -5.27. The maximum Gasteiger partial charge on any atom is 0.514 e. The molecule has 0 spiro atoms. The number of likely N-dealkylation sites (N-methyl/N-ethyl adjacent to an activating group) is 1. The Bertz CT molecular complexity index is 1380. The zero-order valence-corrected chi connectivity index (χ0v) is 22.1. The molecule has 0 atom stereocenters. The van der Waals surface area contributed by atoms with E-state index in [0.717, 1.165) is 0 Å². The van der Waals surface area contributed by atoms with Gasteiger partial charge in [0.2, 0.25) is 0 Å². The maximum atomic E-state index is 12.5. The van der Waals surface area contributed by atoms with Crippen LogP contribution in [0.4, 0.5) is 21.9 Å². The molecule has 1 amide bonds. The highest BCUT2D eigenvalue weighted by molar-refractivity contribution is 5.94. The number of nitro groups is 1. The molecule has 208 valence electrons. The van der Waals surface area contributed by atoms with Crippen molar-refractivity contribution in [3.05, 3.63) is 82.4 Å². The molecule has 0 aliphatic rings. The molecule has 0 bridgehead atoms. The Morgan fingerprint density at radius 2 is 1.57 bits per heavy atom. The predicted molar refractivity (Wildman–Crippen MR) is 139 cm³/mol. The highest BCUT2D eigenvalue weighted by atomic mass is 16.7. The first kappa shape index (κ1) is 29.3. The normalized spacial score (nSPS) is 11.1. The number of carbonyl (C=O) groups excluding carboxylic acids is 3. The van der Waals surface area contributed by atoms with Gasteiger partial charge < -0.3 is 19.1 Å². The topological polar surface area (TPSA) is 176 Å². The first-order valence-electron chi connectivity index (χ1n) is 11.8. The third kappa shape index (κ3) is 9.24. The minimum atomic E-state index is -0.995. The molecule has 0 radical (unpaired) electrons. The average Bonchev–Trinajstić information content (AvgIpc) is 2.90. The fraction of sp³-hybridized carbons (Fsp3) is 0.269. The lowest BCUT2D eigenvalue weighted by atomic mass is 10.2. The van der Waals surface area contributed by atoms with Crippen LogP contribution in [0.2, 0.25) is 0 Å². The predicted octanol–water partition coefficient (Wildman–Crippen LogP) is 4.93. The fourth-order valence-corrected chi connectivity index (χ4v) is 2.98. The number of ether oxygens (including phenoxy) is 3. The number of carbonyl (C=O) groups is 3. The highest BCUT2D eigenvalue weighted by Crippen LogP contribution is 2.19. The van der Waals surface area contributed by atoms with Gasteiger partial charge in [-0.1, -0.05) is 0 Å². The van der Waals surface area contributed by atoms with Gasteiger partial charge >= 0.3 is 12.1 Å². The number of nitrogens with zero attached hydrogens (tertiary/aromatic N) is 6. The molecule has 2 aromatic heterocycles. The van der Waals surface area contributed by atoms with E-state index in [4.69, 9.17) is 14.2 Å². The fourth-order valence-electron chi connectivity index (χ4n) is 2.98. The SMILES string of the molecule is CN(CC(=O)OC(C)(C)C)C(=O)c1ccc(N=Nc2ccc(COC(=O)Oc3ccc([N+](=O)[O-])cc3)nc2)cn1. The van der Waals surface area contributed by atoms with Crippen molar-refractivity contribution in [1.82, 2.24) is 14.9 Å². The molecule has 3 aromatic rings. The number of aromatic nitrogens is 2. The zero-order valence-electron chi connectivity index (χ0n) is 22.1. The summed E-state index contributed by atoms with van der Waals surface area (Å²) >= 11 is 0. The highest BCUT2D eigenvalue weighted by Gasteiger charge is 2.21. The van der Waals surface area contributed by atoms with E-state index in [1.54, 1.807) is 39.0 Å². The standard InChI is InChI=1S/C26H26N6O8/c1-26(2,3)40-23(33)15-31(4)24(34)22-12-7-18(14-28-22)30-29-17-5-6-19(27-13-17)16-38-25(35)39-21-10-8-20(9-11-21)32(36)37/h5-14H,15-16H2,1-4H3. The number of pyridine rings is 2. The van der Waals surface area contributed by atoms with Gasteiger partial charge in [0, 0.05) is 19.2 Å². The summed E-state index contributed by atoms with van der Waals surface area (Å²) in [6.45, 7) is 4.84. The van der Waals surface area contributed by atoms with Crippen LogP contribution >= 0.6 is 0 Å². The largest absolute Gasteiger partial charge is 0.514 e. The van der Waals surface area contributed by atoms with Crippen LogP contribution in [0.15, 0.2) is 71.2 Å². The molecule has 40 heavy (non-hydrogen) atoms. The molecule has 0 aliphatic carbocycles. The van der Waals surface area contributed by atoms with Gasteiger partial charge in [0.05, 0.1) is 23.0 Å². The van der Waals surface area contributed by atoms with E-state index in [9.17, 15) is 24.5 Å². The number of hydrogen-bond donors (Lipinski definition) is 0. The molecule has 3 rings (SSSR count). The molecule has 0 unspecified atom stereocenters. The van der Waals surface area contributed by atoms with E-state index < -0.39 is 28.6 Å². The third-order valence-corrected chi connectivity index (χ3v) is 4.78. The van der Waals surface area contributed by atoms with E-state index in [1.165, 1.54) is 54.7 Å². The summed E-state index contributed by atoms with van der Waals surface area (Å²) in [7, 11) is 1.48. The van der Waals surface area contributed by atoms with Crippen LogP contribution in [0.3, 0.4) is 0 Å². The van der Waals surface area contributed by atoms with E-state index in [2.05, 4.69) is 20.2 Å². The third-order valence-electron chi connectivity index (χ3n) is 4.78. The number of azo groups is 1. The monoisotopic (exact) mass is 550 g/mol. The minimum absolute atomic E-state index is 0.0963. The van der Waals surface area contributed by atoms with Crippen molar-refractivity contribution in [1.29, 1.82) is 0 Å². The number of nitro benzene ring substituents is 1. The molecule has 0 aliphatic heterocycles. The molecule has 0 saturated carbocycles. The molecule has 14 nitrogen and oxygen atoms in total. The van der Waals surface area contributed by atoms with Gasteiger partial charge in [-0.05, 0) is 57.2 Å². The maximum absolute atomic E-state index is 12.5. The molecule has 14 heteroatoms. The van der Waals surface area contributed by atoms with Gasteiger partial charge in [-0.25, -0.2) is 9.78 Å². The van der Waals surface area contributed by atoms with Crippen molar-refractivity contribution < 1.29 is 33.5 Å². The van der Waals surface area contributed by atoms with Crippen LogP contribution in [-0.4, -0.2) is 57.0 Å². The molecular formula is C26H26N6O8. The van der Waals surface area contributed by atoms with Crippen molar-refractivity contribution in [2.24, 2.45) is 10.2 Å². The first-order valence-corrected chi connectivity index (χ1v) is 11.8. The number of hydrogen-bond acceptors (Lipinski definition) is 12. The van der Waals surface area contributed by atoms with Crippen LogP contribution in [0, 0.1) is 10.1 Å². The second kappa shape index (κ2) is 13.0. The summed E-state index contributed by atoms with van der Waals surface area (Å²) in [6.07, 6.45) is 1.79. The van der Waals surface area contributed by atoms with Crippen molar-refractivity contribution in [3.63, 3.8) is 0 Å². The quantitative estimate of drug-likeness (QED) is 0.117. The number of rotatable bonds is 9. The van der Waals surface area contributed by atoms with Crippen LogP contribution in [0.1, 0.15) is 37.0 Å². The van der Waals surface area contributed by atoms with E-state index in [0.29, 0.717) is 17.1 Å². The summed E-state index contributed by atoms with van der Waals surface area (Å²) in [5.74, 6) is -0.880. The lowest BCUT2D eigenvalue weighted by molar-refractivity contribution is -0.384. The van der Waals surface area contributed by atoms with Gasteiger partial charge in [-0.15, -0.1) is 10.2 Å². The summed E-state index contributed by atoms with van der Waals surface area (Å²) < 4.78 is 15.2. The summed E-state index contributed by atoms with van der Waals surface area (Å²) in [5.41, 5.74) is 0.554. The molecule has 0 fully saturated rings. The zero-order chi connectivity index (χ0) is 29.3. The summed E-state index contributed by atoms with van der Waals surface area (Å²) in [5, 5.41) is 18.8. The Labute approximate surface area is 228 Å². The van der Waals surface area contributed by atoms with Gasteiger partial charge in [0.1, 0.15) is 41.6 Å². The molecule has 1 aromatic carbocycles. The van der Waals surface area contributed by atoms with E-state index in [1.807, 2.05) is 0 Å². The second-order valence-electron chi connectivity index (χ2n) is 9.25. The van der Waals surface area contributed by atoms with Gasteiger partial charge in [-0.3, -0.25) is 24.7 Å². The summed E-state index contributed by atoms with van der Waals surface area (Å²) in [6, 6.07) is 11.2. The second-order valence-corrected chi connectivity index (χ2v) is 9.25. The van der Waals surface area contributed by atoms with Crippen LogP contribution in [0.5, 0.6) is 5.75 Å². The van der Waals surface area contributed by atoms with Crippen LogP contribution < -0.4 is 4.74 Å². The van der Waals surface area contributed by atoms with Gasteiger partial charge in [0.15, 0.2) is 0 Å². The Morgan fingerprint density at radius 3 is 2.10 bits per heavy atom. The number of esters is 1. The smallest absolute Gasteiger partial charge is 0.459 e. The first-order chi connectivity index (χ1) is 18.9. The van der Waals surface area contributed by atoms with Crippen molar-refractivity contribution in [2.45, 2.75) is 33.0 Å². The lowest BCUT2D eigenvalue weighted by Crippen LogP contribution is -2.36. The number of benzene rings is 1. The number of non-ortho nitro benzene ring substituents is 1. The Balaban J connectivity index is 1.48. The molecular weight excluding hydrogens is 524 g/mol. The molecule has 2 heterocycles. The van der Waals surface area contributed by atoms with Gasteiger partial charge in [-0.2, -0.15) is 0 Å². The van der Waals surface area contributed by atoms with Gasteiger partial charge in [0.25, 0.3) is 11.6 Å². The summed E-state index contributed by atoms with van der Waals surface area (Å²) in [4.78, 5) is 55.9. The van der Waals surface area contributed by atoms with Crippen molar-refractivity contribution in [3.8, 4) is 5.75 Å². The molecule has 0 N–H and O–H groups in total. The van der Waals surface area contributed by atoms with E-state index in [-0.39, 0.29) is 30.3 Å². The Kier molecular flexibility index (Phi) is 9.52.